The first-order valence-corrected chi connectivity index (χ1v) is 5.21. The lowest BCUT2D eigenvalue weighted by atomic mass is 10.1. The molecule has 0 aromatic heterocycles. The van der Waals surface area contributed by atoms with Crippen LogP contribution in [0, 0.1) is 0 Å². The Labute approximate surface area is 114 Å². The molecule has 1 rings (SSSR count). The molecule has 0 aliphatic carbocycles. The van der Waals surface area contributed by atoms with Gasteiger partial charge in [-0.1, -0.05) is 30.7 Å². The van der Waals surface area contributed by atoms with Crippen molar-refractivity contribution in [2.75, 3.05) is 6.61 Å². The van der Waals surface area contributed by atoms with Crippen molar-refractivity contribution in [2.45, 2.75) is 26.0 Å². The number of rotatable bonds is 5. The molecule has 0 heterocycles. The molecule has 0 aliphatic rings. The van der Waals surface area contributed by atoms with E-state index < -0.39 is 0 Å². The Hall–Kier alpha value is 0.01000. The number of nitrogens with two attached hydrogens (primary N) is 1. The molecule has 0 fully saturated rings. The Morgan fingerprint density at radius 3 is 2.62 bits per heavy atom. The average molecular weight is 287 g/mol. The van der Waals surface area contributed by atoms with Gasteiger partial charge in [-0.3, -0.25) is 0 Å². The van der Waals surface area contributed by atoms with Crippen molar-refractivity contribution in [1.29, 1.82) is 0 Å². The molecule has 1 aromatic rings. The molecule has 16 heavy (non-hydrogen) atoms. The van der Waals surface area contributed by atoms with Crippen LogP contribution in [0.1, 0.15) is 18.9 Å². The van der Waals surface area contributed by atoms with Crippen molar-refractivity contribution in [2.24, 2.45) is 5.73 Å². The highest BCUT2D eigenvalue weighted by atomic mass is 35.5. The van der Waals surface area contributed by atoms with Crippen LogP contribution in [0.15, 0.2) is 24.3 Å². The Bertz CT molecular complexity index is 284. The summed E-state index contributed by atoms with van der Waals surface area (Å²) in [5, 5.41) is 0.741. The molecule has 2 nitrogen and oxygen atoms in total. The molecule has 1 atom stereocenters. The Kier molecular flexibility index (Phi) is 11.7. The van der Waals surface area contributed by atoms with Gasteiger partial charge >= 0.3 is 0 Å². The normalized spacial score (nSPS) is 11.2. The zero-order valence-corrected chi connectivity index (χ0v) is 11.6. The highest BCUT2D eigenvalue weighted by Gasteiger charge is 2.03. The first kappa shape index (κ1) is 18.4. The molecule has 1 unspecified atom stereocenters. The van der Waals surface area contributed by atoms with E-state index in [1.165, 1.54) is 0 Å². The molecule has 0 saturated heterocycles. The van der Waals surface area contributed by atoms with E-state index in [2.05, 4.69) is 6.92 Å². The molecule has 94 valence electrons. The highest BCUT2D eigenvalue weighted by Crippen LogP contribution is 2.12. The summed E-state index contributed by atoms with van der Waals surface area (Å²) in [6, 6.07) is 7.69. The van der Waals surface area contributed by atoms with Crippen LogP contribution in [0.2, 0.25) is 5.02 Å². The molecule has 5 heteroatoms. The van der Waals surface area contributed by atoms with Gasteiger partial charge in [0.15, 0.2) is 0 Å². The molecule has 0 spiro atoms. The minimum Gasteiger partial charge on any atom is -0.363 e. The molecule has 1 aromatic carbocycles. The fourth-order valence-electron chi connectivity index (χ4n) is 1.22. The number of hydrogen-bond acceptors (Lipinski definition) is 2. The minimum absolute atomic E-state index is 0. The topological polar surface area (TPSA) is 35.2 Å². The third-order valence-electron chi connectivity index (χ3n) is 1.86. The lowest BCUT2D eigenvalue weighted by molar-refractivity contribution is 0.0586. The zero-order chi connectivity index (χ0) is 10.4. The van der Waals surface area contributed by atoms with Crippen LogP contribution in [0.3, 0.4) is 0 Å². The number of ether oxygens (including phenoxy) is 1. The molecular weight excluding hydrogens is 268 g/mol. The number of benzene rings is 1. The van der Waals surface area contributed by atoms with Crippen LogP contribution < -0.4 is 5.73 Å². The van der Waals surface area contributed by atoms with E-state index in [0.29, 0.717) is 13.0 Å². The lowest BCUT2D eigenvalue weighted by Crippen LogP contribution is -2.26. The van der Waals surface area contributed by atoms with E-state index in [1.807, 2.05) is 24.3 Å². The maximum absolute atomic E-state index is 5.85. The summed E-state index contributed by atoms with van der Waals surface area (Å²) < 4.78 is 5.37. The van der Waals surface area contributed by atoms with Crippen LogP contribution >= 0.6 is 36.4 Å². The summed E-state index contributed by atoms with van der Waals surface area (Å²) in [6.45, 7) is 2.77. The van der Waals surface area contributed by atoms with Gasteiger partial charge in [0.25, 0.3) is 0 Å². The van der Waals surface area contributed by atoms with Gasteiger partial charge in [-0.05, 0) is 24.1 Å². The van der Waals surface area contributed by atoms with Crippen molar-refractivity contribution in [3.8, 4) is 0 Å². The first-order chi connectivity index (χ1) is 6.72. The summed E-state index contributed by atoms with van der Waals surface area (Å²) >= 11 is 5.85. The van der Waals surface area contributed by atoms with Crippen molar-refractivity contribution in [3.63, 3.8) is 0 Å². The monoisotopic (exact) mass is 285 g/mol. The van der Waals surface area contributed by atoms with Gasteiger partial charge in [0.2, 0.25) is 0 Å². The van der Waals surface area contributed by atoms with Crippen LogP contribution in [-0.4, -0.2) is 12.8 Å². The summed E-state index contributed by atoms with van der Waals surface area (Å²) in [4.78, 5) is 0. The van der Waals surface area contributed by atoms with E-state index in [0.717, 1.165) is 17.0 Å². The van der Waals surface area contributed by atoms with Crippen molar-refractivity contribution in [1.82, 2.24) is 0 Å². The number of halogens is 3. The largest absolute Gasteiger partial charge is 0.363 e. The SMILES string of the molecule is CCCOC(N)Cc1cccc(Cl)c1.Cl.Cl. The van der Waals surface area contributed by atoms with Crippen LogP contribution in [0.4, 0.5) is 0 Å². The van der Waals surface area contributed by atoms with E-state index in [4.69, 9.17) is 22.1 Å². The second-order valence-electron chi connectivity index (χ2n) is 3.24. The maximum Gasteiger partial charge on any atom is 0.109 e. The van der Waals surface area contributed by atoms with E-state index in [1.54, 1.807) is 0 Å². The predicted octanol–water partition coefficient (Wildman–Crippen LogP) is 3.44. The Morgan fingerprint density at radius 1 is 1.38 bits per heavy atom. The van der Waals surface area contributed by atoms with E-state index in [-0.39, 0.29) is 31.0 Å². The molecule has 0 bridgehead atoms. The van der Waals surface area contributed by atoms with E-state index >= 15 is 0 Å². The minimum atomic E-state index is -0.228. The lowest BCUT2D eigenvalue weighted by Gasteiger charge is -2.12. The second-order valence-corrected chi connectivity index (χ2v) is 3.68. The van der Waals surface area contributed by atoms with Crippen LogP contribution in [0.5, 0.6) is 0 Å². The molecular formula is C11H18Cl3NO. The van der Waals surface area contributed by atoms with Crippen molar-refractivity contribution in [3.05, 3.63) is 34.9 Å². The maximum atomic E-state index is 5.85. The van der Waals surface area contributed by atoms with Gasteiger partial charge in [-0.25, -0.2) is 0 Å². The summed E-state index contributed by atoms with van der Waals surface area (Å²) in [5.41, 5.74) is 6.89. The van der Waals surface area contributed by atoms with Gasteiger partial charge < -0.3 is 10.5 Å². The van der Waals surface area contributed by atoms with Crippen LogP contribution in [-0.2, 0) is 11.2 Å². The average Bonchev–Trinajstić information content (AvgIpc) is 2.15. The van der Waals surface area contributed by atoms with Gasteiger partial charge in [-0.2, -0.15) is 0 Å². The fraction of sp³-hybridized carbons (Fsp3) is 0.455. The first-order valence-electron chi connectivity index (χ1n) is 4.84. The van der Waals surface area contributed by atoms with Crippen LogP contribution in [0.25, 0.3) is 0 Å². The zero-order valence-electron chi connectivity index (χ0n) is 9.19. The van der Waals surface area contributed by atoms with E-state index in [9.17, 15) is 0 Å². The molecule has 0 aliphatic heterocycles. The summed E-state index contributed by atoms with van der Waals surface area (Å²) in [7, 11) is 0. The third kappa shape index (κ3) is 7.31. The van der Waals surface area contributed by atoms with Crippen molar-refractivity contribution >= 4 is 36.4 Å². The number of hydrogen-bond donors (Lipinski definition) is 1. The summed E-state index contributed by atoms with van der Waals surface area (Å²) in [5.74, 6) is 0. The molecule has 0 saturated carbocycles. The molecule has 0 amide bonds. The quantitative estimate of drug-likeness (QED) is 0.842. The Morgan fingerprint density at radius 2 is 2.06 bits per heavy atom. The summed E-state index contributed by atoms with van der Waals surface area (Å²) in [6.07, 6.45) is 1.47. The van der Waals surface area contributed by atoms with Gasteiger partial charge in [0, 0.05) is 18.1 Å². The molecule has 2 N–H and O–H groups in total. The third-order valence-corrected chi connectivity index (χ3v) is 2.10. The smallest absolute Gasteiger partial charge is 0.109 e. The van der Waals surface area contributed by atoms with Crippen molar-refractivity contribution < 1.29 is 4.74 Å². The second kappa shape index (κ2) is 10.2. The molecule has 0 radical (unpaired) electrons. The predicted molar refractivity (Wildman–Crippen MR) is 73.9 cm³/mol. The van der Waals surface area contributed by atoms with Gasteiger partial charge in [-0.15, -0.1) is 24.8 Å². The highest BCUT2D eigenvalue weighted by molar-refractivity contribution is 6.30. The Balaban J connectivity index is 0. The van der Waals surface area contributed by atoms with Gasteiger partial charge in [0.05, 0.1) is 0 Å². The standard InChI is InChI=1S/C11H16ClNO.2ClH/c1-2-6-14-11(13)8-9-4-3-5-10(12)7-9;;/h3-5,7,11H,2,6,8,13H2,1H3;2*1H. The van der Waals surface area contributed by atoms with Gasteiger partial charge in [0.1, 0.15) is 6.23 Å². The fourth-order valence-corrected chi connectivity index (χ4v) is 1.44.